The van der Waals surface area contributed by atoms with Crippen LogP contribution in [0.5, 0.6) is 0 Å². The zero-order valence-corrected chi connectivity index (χ0v) is 11.7. The first-order valence-corrected chi connectivity index (χ1v) is 7.32. The van der Waals surface area contributed by atoms with Gasteiger partial charge in [0.05, 0.1) is 12.6 Å². The standard InChI is InChI=1S/C15H22N2O3/c1-2-9-17(10-14(18)19)15(20)13-8-7-11-5-3-4-6-12(11)16-13/h1,11-13,16H,3-10H2,(H,18,19). The summed E-state index contributed by atoms with van der Waals surface area (Å²) in [5.74, 6) is 1.84. The smallest absolute Gasteiger partial charge is 0.323 e. The second-order valence-corrected chi connectivity index (χ2v) is 5.74. The van der Waals surface area contributed by atoms with Crippen LogP contribution >= 0.6 is 0 Å². The van der Waals surface area contributed by atoms with Gasteiger partial charge in [0.2, 0.25) is 5.91 Å². The van der Waals surface area contributed by atoms with Crippen molar-refractivity contribution in [1.82, 2.24) is 10.2 Å². The van der Waals surface area contributed by atoms with E-state index < -0.39 is 5.97 Å². The van der Waals surface area contributed by atoms with Crippen molar-refractivity contribution in [3.63, 3.8) is 0 Å². The summed E-state index contributed by atoms with van der Waals surface area (Å²) < 4.78 is 0. The number of hydrogen-bond acceptors (Lipinski definition) is 3. The molecule has 1 saturated carbocycles. The molecule has 2 N–H and O–H groups in total. The van der Waals surface area contributed by atoms with E-state index in [1.54, 1.807) is 0 Å². The van der Waals surface area contributed by atoms with Gasteiger partial charge in [-0.3, -0.25) is 9.59 Å². The number of carboxylic acids is 1. The van der Waals surface area contributed by atoms with E-state index >= 15 is 0 Å². The van der Waals surface area contributed by atoms with Crippen LogP contribution in [0.3, 0.4) is 0 Å². The average Bonchev–Trinajstić information content (AvgIpc) is 2.45. The van der Waals surface area contributed by atoms with Crippen molar-refractivity contribution in [3.8, 4) is 12.3 Å². The number of fused-ring (bicyclic) bond motifs is 1. The predicted molar refractivity (Wildman–Crippen MR) is 75.0 cm³/mol. The van der Waals surface area contributed by atoms with Crippen LogP contribution < -0.4 is 5.32 Å². The van der Waals surface area contributed by atoms with Crippen LogP contribution in [0.1, 0.15) is 38.5 Å². The Labute approximate surface area is 119 Å². The van der Waals surface area contributed by atoms with Crippen molar-refractivity contribution in [2.24, 2.45) is 5.92 Å². The largest absolute Gasteiger partial charge is 0.480 e. The van der Waals surface area contributed by atoms with Gasteiger partial charge in [-0.1, -0.05) is 18.8 Å². The predicted octanol–water partition coefficient (Wildman–Crippen LogP) is 0.844. The Morgan fingerprint density at radius 2 is 2.00 bits per heavy atom. The van der Waals surface area contributed by atoms with Gasteiger partial charge in [0.1, 0.15) is 6.54 Å². The lowest BCUT2D eigenvalue weighted by Gasteiger charge is -2.40. The normalized spacial score (nSPS) is 29.1. The summed E-state index contributed by atoms with van der Waals surface area (Å²) in [6.07, 6.45) is 11.9. The molecular weight excluding hydrogens is 256 g/mol. The van der Waals surface area contributed by atoms with Crippen molar-refractivity contribution < 1.29 is 14.7 Å². The molecule has 0 aromatic carbocycles. The zero-order chi connectivity index (χ0) is 14.5. The third-order valence-corrected chi connectivity index (χ3v) is 4.37. The van der Waals surface area contributed by atoms with Crippen LogP contribution in [0.4, 0.5) is 0 Å². The van der Waals surface area contributed by atoms with E-state index in [0.29, 0.717) is 12.0 Å². The van der Waals surface area contributed by atoms with Crippen LogP contribution in [-0.4, -0.2) is 47.1 Å². The highest BCUT2D eigenvalue weighted by Gasteiger charge is 2.36. The molecule has 5 nitrogen and oxygen atoms in total. The highest BCUT2D eigenvalue weighted by Crippen LogP contribution is 2.32. The Morgan fingerprint density at radius 1 is 1.25 bits per heavy atom. The molecule has 0 bridgehead atoms. The highest BCUT2D eigenvalue weighted by molar-refractivity contribution is 5.85. The summed E-state index contributed by atoms with van der Waals surface area (Å²) in [5, 5.41) is 12.3. The number of hydrogen-bond donors (Lipinski definition) is 2. The Balaban J connectivity index is 1.97. The first-order chi connectivity index (χ1) is 9.61. The number of nitrogens with one attached hydrogen (secondary N) is 1. The number of nitrogens with zero attached hydrogens (tertiary/aromatic N) is 1. The zero-order valence-electron chi connectivity index (χ0n) is 11.7. The van der Waals surface area contributed by atoms with Gasteiger partial charge in [-0.2, -0.15) is 0 Å². The molecular formula is C15H22N2O3. The molecule has 0 spiro atoms. The van der Waals surface area contributed by atoms with E-state index in [0.717, 1.165) is 19.3 Å². The van der Waals surface area contributed by atoms with E-state index in [-0.39, 0.29) is 25.0 Å². The maximum Gasteiger partial charge on any atom is 0.323 e. The van der Waals surface area contributed by atoms with Crippen LogP contribution in [0.2, 0.25) is 0 Å². The van der Waals surface area contributed by atoms with Gasteiger partial charge in [-0.05, 0) is 31.6 Å². The first-order valence-electron chi connectivity index (χ1n) is 7.32. The summed E-state index contributed by atoms with van der Waals surface area (Å²) in [5.41, 5.74) is 0. The SMILES string of the molecule is C#CCN(CC(=O)O)C(=O)C1CCC2CCCCC2N1. The third-order valence-electron chi connectivity index (χ3n) is 4.37. The van der Waals surface area contributed by atoms with Crippen molar-refractivity contribution >= 4 is 11.9 Å². The molecule has 20 heavy (non-hydrogen) atoms. The summed E-state index contributed by atoms with van der Waals surface area (Å²) in [7, 11) is 0. The molecule has 2 rings (SSSR count). The molecule has 2 fully saturated rings. The van der Waals surface area contributed by atoms with E-state index in [1.165, 1.54) is 24.2 Å². The number of rotatable bonds is 4. The molecule has 0 radical (unpaired) electrons. The molecule has 3 unspecified atom stereocenters. The van der Waals surface area contributed by atoms with Crippen molar-refractivity contribution in [2.75, 3.05) is 13.1 Å². The fourth-order valence-corrected chi connectivity index (χ4v) is 3.40. The lowest BCUT2D eigenvalue weighted by Crippen LogP contribution is -2.56. The van der Waals surface area contributed by atoms with Crippen LogP contribution in [-0.2, 0) is 9.59 Å². The highest BCUT2D eigenvalue weighted by atomic mass is 16.4. The Morgan fingerprint density at radius 3 is 2.70 bits per heavy atom. The summed E-state index contributed by atoms with van der Waals surface area (Å²) in [6, 6.07) is 0.131. The lowest BCUT2D eigenvalue weighted by molar-refractivity contribution is -0.145. The minimum Gasteiger partial charge on any atom is -0.480 e. The molecule has 3 atom stereocenters. The van der Waals surface area contributed by atoms with Crippen LogP contribution in [0.15, 0.2) is 0 Å². The molecule has 0 aromatic heterocycles. The van der Waals surface area contributed by atoms with Crippen LogP contribution in [0.25, 0.3) is 0 Å². The number of amides is 1. The number of carbonyl (C=O) groups is 2. The van der Waals surface area contributed by atoms with Gasteiger partial charge in [-0.25, -0.2) is 0 Å². The van der Waals surface area contributed by atoms with E-state index in [2.05, 4.69) is 11.2 Å². The molecule has 2 aliphatic rings. The Kier molecular flexibility index (Phi) is 5.02. The summed E-state index contributed by atoms with van der Waals surface area (Å²) >= 11 is 0. The van der Waals surface area contributed by atoms with Crippen LogP contribution in [0, 0.1) is 18.3 Å². The average molecular weight is 278 g/mol. The number of carboxylic acid groups (broad SMARTS) is 1. The second-order valence-electron chi connectivity index (χ2n) is 5.74. The van der Waals surface area contributed by atoms with Gasteiger partial charge in [0.25, 0.3) is 0 Å². The molecule has 1 aliphatic carbocycles. The van der Waals surface area contributed by atoms with Gasteiger partial charge in [0.15, 0.2) is 0 Å². The number of aliphatic carboxylic acids is 1. The van der Waals surface area contributed by atoms with Gasteiger partial charge < -0.3 is 15.3 Å². The molecule has 1 amide bonds. The molecule has 110 valence electrons. The third kappa shape index (κ3) is 3.51. The maximum absolute atomic E-state index is 12.4. The monoisotopic (exact) mass is 278 g/mol. The van der Waals surface area contributed by atoms with Crippen molar-refractivity contribution in [2.45, 2.75) is 50.6 Å². The van der Waals surface area contributed by atoms with Crippen molar-refractivity contribution in [1.29, 1.82) is 0 Å². The maximum atomic E-state index is 12.4. The number of piperidine rings is 1. The Hall–Kier alpha value is -1.54. The van der Waals surface area contributed by atoms with Gasteiger partial charge >= 0.3 is 5.97 Å². The summed E-state index contributed by atoms with van der Waals surface area (Å²) in [6.45, 7) is -0.271. The van der Waals surface area contributed by atoms with E-state index in [4.69, 9.17) is 11.5 Å². The summed E-state index contributed by atoms with van der Waals surface area (Å²) in [4.78, 5) is 24.5. The number of carbonyl (C=O) groups excluding carboxylic acids is 1. The topological polar surface area (TPSA) is 69.6 Å². The molecule has 5 heteroatoms. The van der Waals surface area contributed by atoms with Gasteiger partial charge in [0, 0.05) is 6.04 Å². The first kappa shape index (κ1) is 14.9. The van der Waals surface area contributed by atoms with E-state index in [1.807, 2.05) is 0 Å². The second kappa shape index (κ2) is 6.76. The molecule has 1 heterocycles. The van der Waals surface area contributed by atoms with Gasteiger partial charge in [-0.15, -0.1) is 6.42 Å². The van der Waals surface area contributed by atoms with E-state index in [9.17, 15) is 9.59 Å². The fourth-order valence-electron chi connectivity index (χ4n) is 3.40. The number of terminal acetylenes is 1. The molecule has 1 aliphatic heterocycles. The molecule has 1 saturated heterocycles. The lowest BCUT2D eigenvalue weighted by atomic mass is 9.77. The molecule has 0 aromatic rings. The van der Waals surface area contributed by atoms with Crippen molar-refractivity contribution in [3.05, 3.63) is 0 Å². The quantitative estimate of drug-likeness (QED) is 0.748. The Bertz CT molecular complexity index is 416. The fraction of sp³-hybridized carbons (Fsp3) is 0.733. The minimum absolute atomic E-state index is 0.0530. The minimum atomic E-state index is -1.03.